The number of fused-ring (bicyclic) bond motifs is 1. The average Bonchev–Trinajstić information content (AvgIpc) is 2.39. The molecule has 2 rings (SSSR count). The summed E-state index contributed by atoms with van der Waals surface area (Å²) >= 11 is 0. The van der Waals surface area contributed by atoms with Crippen LogP contribution < -0.4 is 35.1 Å². The second-order valence-corrected chi connectivity index (χ2v) is 4.32. The molecule has 0 unspecified atom stereocenters. The summed E-state index contributed by atoms with van der Waals surface area (Å²) in [6, 6.07) is 3.35. The van der Waals surface area contributed by atoms with Gasteiger partial charge in [-0.15, -0.1) is 0 Å². The largest absolute Gasteiger partial charge is 1.00 e. The Hall–Kier alpha value is -1.37. The molecule has 0 saturated heterocycles. The van der Waals surface area contributed by atoms with Crippen molar-refractivity contribution in [3.63, 3.8) is 0 Å². The van der Waals surface area contributed by atoms with Gasteiger partial charge in [0.1, 0.15) is 11.4 Å². The quantitative estimate of drug-likeness (QED) is 0.564. The molecule has 0 aliphatic heterocycles. The minimum absolute atomic E-state index is 0. The van der Waals surface area contributed by atoms with Crippen molar-refractivity contribution in [1.29, 1.82) is 0 Å². The van der Waals surface area contributed by atoms with Crippen LogP contribution >= 0.6 is 0 Å². The van der Waals surface area contributed by atoms with Crippen LogP contribution in [-0.2, 0) is 11.3 Å². The van der Waals surface area contributed by atoms with Gasteiger partial charge in [0.2, 0.25) is 0 Å². The smallest absolute Gasteiger partial charge is 1.00 e. The van der Waals surface area contributed by atoms with Gasteiger partial charge in [0.25, 0.3) is 5.56 Å². The monoisotopic (exact) mass is 300 g/mol. The van der Waals surface area contributed by atoms with Gasteiger partial charge in [-0.05, 0) is 32.9 Å². The molecule has 0 aliphatic rings. The maximum atomic E-state index is 12.3. The van der Waals surface area contributed by atoms with E-state index in [9.17, 15) is 14.7 Å². The van der Waals surface area contributed by atoms with Gasteiger partial charge < -0.3 is 11.3 Å². The molecule has 0 bridgehead atoms. The van der Waals surface area contributed by atoms with Crippen molar-refractivity contribution in [2.24, 2.45) is 0 Å². The van der Waals surface area contributed by atoms with Crippen LogP contribution in [0.5, 0.6) is 5.75 Å². The van der Waals surface area contributed by atoms with Crippen molar-refractivity contribution in [3.05, 3.63) is 33.7 Å². The second-order valence-electron chi connectivity index (χ2n) is 4.32. The zero-order valence-corrected chi connectivity index (χ0v) is 14.6. The fraction of sp³-hybridized carbons (Fsp3) is 0.357. The number of carbonyl (C=O) groups is 1. The predicted molar refractivity (Wildman–Crippen MR) is 75.1 cm³/mol. The maximum Gasteiger partial charge on any atom is 1.00 e. The summed E-state index contributed by atoms with van der Waals surface area (Å²) in [5.41, 5.74) is 0.159. The topological polar surface area (TPSA) is 81.4 Å². The molecule has 7 heteroatoms. The Morgan fingerprint density at radius 1 is 1.43 bits per heavy atom. The molecule has 2 heterocycles. The molecule has 0 saturated carbocycles. The third-order valence-electron chi connectivity index (χ3n) is 3.02. The maximum absolute atomic E-state index is 12.3. The first-order valence-corrected chi connectivity index (χ1v) is 6.41. The fourth-order valence-corrected chi connectivity index (χ4v) is 2.08. The zero-order valence-electron chi connectivity index (χ0n) is 13.6. The summed E-state index contributed by atoms with van der Waals surface area (Å²) in [6.45, 7) is 5.68. The molecule has 21 heavy (non-hydrogen) atoms. The number of rotatable bonds is 3. The normalized spacial score (nSPS) is 10.2. The van der Waals surface area contributed by atoms with E-state index in [1.54, 1.807) is 32.9 Å². The van der Waals surface area contributed by atoms with Gasteiger partial charge in [0.15, 0.2) is 5.56 Å². The van der Waals surface area contributed by atoms with Crippen LogP contribution in [0, 0.1) is 6.92 Å². The summed E-state index contributed by atoms with van der Waals surface area (Å²) in [5, 5.41) is 10.5. The third-order valence-corrected chi connectivity index (χ3v) is 3.02. The number of pyridine rings is 2. The van der Waals surface area contributed by atoms with E-state index in [1.165, 1.54) is 4.57 Å². The van der Waals surface area contributed by atoms with E-state index in [0.29, 0.717) is 17.6 Å². The number of aromatic hydroxyl groups is 1. The number of aromatic nitrogens is 2. The van der Waals surface area contributed by atoms with Crippen molar-refractivity contribution >= 4 is 17.0 Å². The van der Waals surface area contributed by atoms with Gasteiger partial charge >= 0.3 is 35.5 Å². The molecule has 1 N–H and O–H groups in total. The Kier molecular flexibility index (Phi) is 5.95. The van der Waals surface area contributed by atoms with E-state index < -0.39 is 11.5 Å². The molecule has 0 aliphatic carbocycles. The molecule has 2 aromatic rings. The molecule has 0 fully saturated rings. The van der Waals surface area contributed by atoms with Crippen LogP contribution in [0.15, 0.2) is 16.9 Å². The Balaban J connectivity index is 0.00000220. The Morgan fingerprint density at radius 2 is 2.10 bits per heavy atom. The minimum Gasteiger partial charge on any atom is -1.00 e. The molecule has 0 amide bonds. The fourth-order valence-electron chi connectivity index (χ4n) is 2.08. The molecular weight excluding hydrogens is 283 g/mol. The third kappa shape index (κ3) is 3.12. The SMILES string of the molecule is CCOC(=O)c1c(O)c2ccc(C)nc2n(CC)c1=O.[H-].[Na+]. The first-order chi connectivity index (χ1) is 9.51. The summed E-state index contributed by atoms with van der Waals surface area (Å²) in [6.07, 6.45) is 0. The number of aryl methyl sites for hydroxylation is 2. The summed E-state index contributed by atoms with van der Waals surface area (Å²) in [5.74, 6) is -1.19. The van der Waals surface area contributed by atoms with E-state index in [1.807, 2.05) is 0 Å². The molecule has 0 spiro atoms. The van der Waals surface area contributed by atoms with Gasteiger partial charge in [0.05, 0.1) is 12.0 Å². The summed E-state index contributed by atoms with van der Waals surface area (Å²) < 4.78 is 6.18. The zero-order chi connectivity index (χ0) is 14.9. The van der Waals surface area contributed by atoms with Crippen molar-refractivity contribution in [1.82, 2.24) is 9.55 Å². The number of esters is 1. The summed E-state index contributed by atoms with van der Waals surface area (Å²) in [7, 11) is 0. The van der Waals surface area contributed by atoms with Gasteiger partial charge in [-0.3, -0.25) is 9.36 Å². The molecule has 108 valence electrons. The minimum atomic E-state index is -0.820. The second kappa shape index (κ2) is 7.06. The van der Waals surface area contributed by atoms with Crippen molar-refractivity contribution in [3.8, 4) is 5.75 Å². The molecule has 6 nitrogen and oxygen atoms in total. The van der Waals surface area contributed by atoms with Crippen molar-refractivity contribution < 1.29 is 45.6 Å². The predicted octanol–water partition coefficient (Wildman–Crippen LogP) is -1.28. The van der Waals surface area contributed by atoms with Crippen LogP contribution in [0.2, 0.25) is 0 Å². The average molecular weight is 300 g/mol. The van der Waals surface area contributed by atoms with Gasteiger partial charge in [0, 0.05) is 12.2 Å². The molecule has 0 aromatic carbocycles. The molecule has 2 aromatic heterocycles. The number of ether oxygens (including phenoxy) is 1. The summed E-state index contributed by atoms with van der Waals surface area (Å²) in [4.78, 5) is 28.4. The van der Waals surface area contributed by atoms with Crippen LogP contribution in [0.1, 0.15) is 31.3 Å². The Bertz CT molecular complexity index is 746. The molecular formula is C14H17N2NaO4. The molecule has 0 atom stereocenters. The number of carbonyl (C=O) groups excluding carboxylic acids is 1. The van der Waals surface area contributed by atoms with Crippen molar-refractivity contribution in [2.75, 3.05) is 6.61 Å². The molecule has 0 radical (unpaired) electrons. The van der Waals surface area contributed by atoms with Gasteiger partial charge in [-0.2, -0.15) is 0 Å². The van der Waals surface area contributed by atoms with Crippen LogP contribution in [-0.4, -0.2) is 27.2 Å². The number of hydrogen-bond donors (Lipinski definition) is 1. The van der Waals surface area contributed by atoms with Crippen LogP contribution in [0.4, 0.5) is 0 Å². The van der Waals surface area contributed by atoms with E-state index in [-0.39, 0.29) is 48.9 Å². The van der Waals surface area contributed by atoms with E-state index in [4.69, 9.17) is 4.74 Å². The van der Waals surface area contributed by atoms with E-state index in [2.05, 4.69) is 4.98 Å². The van der Waals surface area contributed by atoms with Gasteiger partial charge in [-0.1, -0.05) is 0 Å². The first-order valence-electron chi connectivity index (χ1n) is 6.41. The van der Waals surface area contributed by atoms with E-state index >= 15 is 0 Å². The Morgan fingerprint density at radius 3 is 2.67 bits per heavy atom. The van der Waals surface area contributed by atoms with Crippen LogP contribution in [0.25, 0.3) is 11.0 Å². The first kappa shape index (κ1) is 17.7. The van der Waals surface area contributed by atoms with Gasteiger partial charge in [-0.25, -0.2) is 9.78 Å². The Labute approximate surface area is 145 Å². The number of nitrogens with zero attached hydrogens (tertiary/aromatic N) is 2. The van der Waals surface area contributed by atoms with E-state index in [0.717, 1.165) is 5.69 Å². The number of hydrogen-bond acceptors (Lipinski definition) is 5. The van der Waals surface area contributed by atoms with Crippen molar-refractivity contribution in [2.45, 2.75) is 27.3 Å². The standard InChI is InChI=1S/C14H16N2O4.Na.H/c1-4-16-12-9(7-6-8(3)15-12)11(17)10(13(16)18)14(19)20-5-2;;/h6-7,17H,4-5H2,1-3H3;;/q;+1;-1. The van der Waals surface area contributed by atoms with Crippen LogP contribution in [0.3, 0.4) is 0 Å².